The fourth-order valence-corrected chi connectivity index (χ4v) is 3.08. The molecule has 1 N–H and O–H groups in total. The standard InChI is InChI=1S/C19H22BrN5O2/c1-13-19(20)14(2)25(23-13)8-7-18(26)22-16-10-21-24(12-16)11-15-5-4-6-17(9-15)27-3/h4-6,9-10,12H,7-8,11H2,1-3H3,(H,22,26). The number of nitrogens with one attached hydrogen (secondary N) is 1. The van der Waals surface area contributed by atoms with E-state index in [9.17, 15) is 4.79 Å². The summed E-state index contributed by atoms with van der Waals surface area (Å²) in [5.41, 5.74) is 3.70. The van der Waals surface area contributed by atoms with Crippen LogP contribution in [0.15, 0.2) is 41.1 Å². The van der Waals surface area contributed by atoms with E-state index in [1.807, 2.05) is 49.0 Å². The van der Waals surface area contributed by atoms with Crippen LogP contribution < -0.4 is 10.1 Å². The van der Waals surface area contributed by atoms with Crippen LogP contribution in [0.25, 0.3) is 0 Å². The average Bonchev–Trinajstić information content (AvgIpc) is 3.19. The molecule has 0 aliphatic rings. The third kappa shape index (κ3) is 4.77. The SMILES string of the molecule is COc1cccc(Cn2cc(NC(=O)CCn3nc(C)c(Br)c3C)cn2)c1. The number of anilines is 1. The molecule has 8 heteroatoms. The summed E-state index contributed by atoms with van der Waals surface area (Å²) in [6.45, 7) is 5.05. The van der Waals surface area contributed by atoms with E-state index in [1.54, 1.807) is 18.0 Å². The molecule has 0 fully saturated rings. The molecule has 1 amide bonds. The molecular formula is C19H22BrN5O2. The van der Waals surface area contributed by atoms with E-state index in [-0.39, 0.29) is 5.91 Å². The minimum atomic E-state index is -0.0698. The van der Waals surface area contributed by atoms with E-state index < -0.39 is 0 Å². The minimum Gasteiger partial charge on any atom is -0.497 e. The van der Waals surface area contributed by atoms with Crippen LogP contribution >= 0.6 is 15.9 Å². The van der Waals surface area contributed by atoms with Gasteiger partial charge in [0.05, 0.1) is 42.3 Å². The van der Waals surface area contributed by atoms with Crippen molar-refractivity contribution in [2.24, 2.45) is 0 Å². The highest BCUT2D eigenvalue weighted by atomic mass is 79.9. The van der Waals surface area contributed by atoms with E-state index >= 15 is 0 Å². The van der Waals surface area contributed by atoms with Gasteiger partial charge in [-0.05, 0) is 47.5 Å². The van der Waals surface area contributed by atoms with E-state index in [0.717, 1.165) is 27.2 Å². The zero-order chi connectivity index (χ0) is 19.4. The summed E-state index contributed by atoms with van der Waals surface area (Å²) >= 11 is 3.50. The van der Waals surface area contributed by atoms with Gasteiger partial charge in [0.2, 0.25) is 5.91 Å². The van der Waals surface area contributed by atoms with Crippen molar-refractivity contribution in [3.05, 3.63) is 58.1 Å². The van der Waals surface area contributed by atoms with E-state index in [4.69, 9.17) is 4.74 Å². The van der Waals surface area contributed by atoms with Crippen molar-refractivity contribution in [2.45, 2.75) is 33.4 Å². The summed E-state index contributed by atoms with van der Waals surface area (Å²) in [5.74, 6) is 0.739. The Balaban J connectivity index is 1.55. The smallest absolute Gasteiger partial charge is 0.226 e. The molecule has 0 aliphatic heterocycles. The molecule has 0 unspecified atom stereocenters. The molecule has 2 heterocycles. The molecule has 0 saturated carbocycles. The van der Waals surface area contributed by atoms with Gasteiger partial charge in [0.1, 0.15) is 5.75 Å². The zero-order valence-electron chi connectivity index (χ0n) is 15.6. The first kappa shape index (κ1) is 19.2. The lowest BCUT2D eigenvalue weighted by atomic mass is 10.2. The first-order chi connectivity index (χ1) is 13.0. The van der Waals surface area contributed by atoms with Gasteiger partial charge in [0.15, 0.2) is 0 Å². The largest absolute Gasteiger partial charge is 0.497 e. The van der Waals surface area contributed by atoms with Gasteiger partial charge in [-0.1, -0.05) is 12.1 Å². The van der Waals surface area contributed by atoms with Crippen LogP contribution in [0.2, 0.25) is 0 Å². The Morgan fingerprint density at radius 3 is 2.85 bits per heavy atom. The Bertz CT molecular complexity index is 947. The number of aromatic nitrogens is 4. The van der Waals surface area contributed by atoms with Crippen molar-refractivity contribution in [3.8, 4) is 5.75 Å². The van der Waals surface area contributed by atoms with Gasteiger partial charge in [0.25, 0.3) is 0 Å². The monoisotopic (exact) mass is 431 g/mol. The number of hydrogen-bond acceptors (Lipinski definition) is 4. The highest BCUT2D eigenvalue weighted by Crippen LogP contribution is 2.20. The molecule has 7 nitrogen and oxygen atoms in total. The molecule has 0 saturated heterocycles. The number of methoxy groups -OCH3 is 1. The zero-order valence-corrected chi connectivity index (χ0v) is 17.2. The number of halogens is 1. The number of carbonyl (C=O) groups excluding carboxylic acids is 1. The van der Waals surface area contributed by atoms with E-state index in [1.165, 1.54) is 0 Å². The summed E-state index contributed by atoms with van der Waals surface area (Å²) in [6.07, 6.45) is 3.81. The van der Waals surface area contributed by atoms with E-state index in [0.29, 0.717) is 25.2 Å². The van der Waals surface area contributed by atoms with Crippen molar-refractivity contribution in [1.29, 1.82) is 0 Å². The molecule has 0 aliphatic carbocycles. The van der Waals surface area contributed by atoms with Crippen LogP contribution in [0, 0.1) is 13.8 Å². The van der Waals surface area contributed by atoms with Crippen LogP contribution in [0.4, 0.5) is 5.69 Å². The normalized spacial score (nSPS) is 10.8. The summed E-state index contributed by atoms with van der Waals surface area (Å²) in [5, 5.41) is 11.6. The third-order valence-electron chi connectivity index (χ3n) is 4.24. The number of rotatable bonds is 7. The highest BCUT2D eigenvalue weighted by Gasteiger charge is 2.11. The lowest BCUT2D eigenvalue weighted by molar-refractivity contribution is -0.116. The van der Waals surface area contributed by atoms with Gasteiger partial charge in [-0.15, -0.1) is 0 Å². The molecule has 3 aromatic rings. The molecule has 0 atom stereocenters. The van der Waals surface area contributed by atoms with Gasteiger partial charge in [0, 0.05) is 18.3 Å². The maximum absolute atomic E-state index is 12.2. The summed E-state index contributed by atoms with van der Waals surface area (Å²) in [4.78, 5) is 12.2. The van der Waals surface area contributed by atoms with Crippen LogP contribution in [0.1, 0.15) is 23.4 Å². The van der Waals surface area contributed by atoms with Crippen molar-refractivity contribution in [1.82, 2.24) is 19.6 Å². The first-order valence-electron chi connectivity index (χ1n) is 8.61. The molecule has 27 heavy (non-hydrogen) atoms. The molecule has 2 aromatic heterocycles. The van der Waals surface area contributed by atoms with Crippen LogP contribution in [0.5, 0.6) is 5.75 Å². The topological polar surface area (TPSA) is 74.0 Å². The fraction of sp³-hybridized carbons (Fsp3) is 0.316. The Morgan fingerprint density at radius 2 is 2.15 bits per heavy atom. The third-order valence-corrected chi connectivity index (χ3v) is 5.39. The lowest BCUT2D eigenvalue weighted by Crippen LogP contribution is -2.15. The number of aryl methyl sites for hydroxylation is 2. The molecule has 142 valence electrons. The lowest BCUT2D eigenvalue weighted by Gasteiger charge is -2.06. The number of amides is 1. The van der Waals surface area contributed by atoms with Crippen LogP contribution in [-0.4, -0.2) is 32.6 Å². The Morgan fingerprint density at radius 1 is 1.33 bits per heavy atom. The van der Waals surface area contributed by atoms with Gasteiger partial charge in [-0.25, -0.2) is 0 Å². The highest BCUT2D eigenvalue weighted by molar-refractivity contribution is 9.10. The number of benzene rings is 1. The number of nitrogens with zero attached hydrogens (tertiary/aromatic N) is 4. The number of carbonyl (C=O) groups is 1. The average molecular weight is 432 g/mol. The summed E-state index contributed by atoms with van der Waals surface area (Å²) in [6, 6.07) is 7.82. The maximum atomic E-state index is 12.2. The predicted molar refractivity (Wildman–Crippen MR) is 107 cm³/mol. The fourth-order valence-electron chi connectivity index (χ4n) is 2.80. The Kier molecular flexibility index (Phi) is 5.95. The minimum absolute atomic E-state index is 0.0698. The molecule has 3 rings (SSSR count). The maximum Gasteiger partial charge on any atom is 0.226 e. The van der Waals surface area contributed by atoms with Gasteiger partial charge >= 0.3 is 0 Å². The van der Waals surface area contributed by atoms with Gasteiger partial charge < -0.3 is 10.1 Å². The van der Waals surface area contributed by atoms with Gasteiger partial charge in [-0.2, -0.15) is 10.2 Å². The Hall–Kier alpha value is -2.61. The molecule has 0 spiro atoms. The number of ether oxygens (including phenoxy) is 1. The van der Waals surface area contributed by atoms with Gasteiger partial charge in [-0.3, -0.25) is 14.2 Å². The number of hydrogen-bond donors (Lipinski definition) is 1. The van der Waals surface area contributed by atoms with E-state index in [2.05, 4.69) is 31.4 Å². The van der Waals surface area contributed by atoms with Crippen molar-refractivity contribution >= 4 is 27.5 Å². The summed E-state index contributed by atoms with van der Waals surface area (Å²) in [7, 11) is 1.64. The molecule has 0 bridgehead atoms. The molecule has 0 radical (unpaired) electrons. The second-order valence-electron chi connectivity index (χ2n) is 6.28. The second-order valence-corrected chi connectivity index (χ2v) is 7.08. The van der Waals surface area contributed by atoms with Crippen molar-refractivity contribution in [2.75, 3.05) is 12.4 Å². The summed E-state index contributed by atoms with van der Waals surface area (Å²) < 4.78 is 9.84. The molecular weight excluding hydrogens is 410 g/mol. The van der Waals surface area contributed by atoms with Crippen molar-refractivity contribution in [3.63, 3.8) is 0 Å². The van der Waals surface area contributed by atoms with Crippen LogP contribution in [-0.2, 0) is 17.9 Å². The van der Waals surface area contributed by atoms with Crippen LogP contribution in [0.3, 0.4) is 0 Å². The Labute approximate surface area is 166 Å². The molecule has 1 aromatic carbocycles. The second kappa shape index (κ2) is 8.39. The quantitative estimate of drug-likeness (QED) is 0.620. The first-order valence-corrected chi connectivity index (χ1v) is 9.40. The van der Waals surface area contributed by atoms with Crippen molar-refractivity contribution < 1.29 is 9.53 Å². The predicted octanol–water partition coefficient (Wildman–Crippen LogP) is 3.54.